The van der Waals surface area contributed by atoms with Crippen LogP contribution in [0.2, 0.25) is 0 Å². The van der Waals surface area contributed by atoms with Crippen LogP contribution < -0.4 is 10.2 Å². The third-order valence-corrected chi connectivity index (χ3v) is 4.27. The minimum atomic E-state index is 0.772. The van der Waals surface area contributed by atoms with Crippen LogP contribution in [0.3, 0.4) is 0 Å². The van der Waals surface area contributed by atoms with Crippen LogP contribution in [0.4, 0.5) is 0 Å². The number of piperidine rings is 1. The molecule has 0 bridgehead atoms. The molecule has 0 saturated carbocycles. The first-order valence-electron chi connectivity index (χ1n) is 6.58. The summed E-state index contributed by atoms with van der Waals surface area (Å²) in [5.41, 5.74) is 0. The average Bonchev–Trinajstić information content (AvgIpc) is 2.30. The van der Waals surface area contributed by atoms with E-state index in [0.29, 0.717) is 0 Å². The van der Waals surface area contributed by atoms with Gasteiger partial charge in [-0.15, -0.1) is 0 Å². The molecular formula is C12H26N3+. The number of rotatable bonds is 2. The standard InChI is InChI=1S/C12H25N3/c1-3-15-8-5-4-6-11(15)12-10-13-7-9-14(12)2/h11-13H,3-10H2,1-2H3/p+1. The van der Waals surface area contributed by atoms with Gasteiger partial charge in [0.15, 0.2) is 0 Å². The fourth-order valence-electron chi connectivity index (χ4n) is 3.29. The summed E-state index contributed by atoms with van der Waals surface area (Å²) in [5.74, 6) is 0. The van der Waals surface area contributed by atoms with E-state index in [2.05, 4.69) is 24.2 Å². The first kappa shape index (κ1) is 11.4. The minimum Gasteiger partial charge on any atom is -0.331 e. The van der Waals surface area contributed by atoms with Gasteiger partial charge in [-0.2, -0.15) is 0 Å². The highest BCUT2D eigenvalue weighted by atomic mass is 15.3. The summed E-state index contributed by atoms with van der Waals surface area (Å²) in [6.07, 6.45) is 4.31. The Hall–Kier alpha value is -0.120. The van der Waals surface area contributed by atoms with Crippen molar-refractivity contribution in [2.24, 2.45) is 0 Å². The number of quaternary nitrogens is 1. The van der Waals surface area contributed by atoms with Crippen molar-refractivity contribution < 1.29 is 4.90 Å². The molecule has 0 aromatic heterocycles. The maximum atomic E-state index is 3.55. The molecule has 0 aromatic rings. The molecule has 3 heteroatoms. The van der Waals surface area contributed by atoms with Crippen LogP contribution in [-0.4, -0.2) is 56.8 Å². The quantitative estimate of drug-likeness (QED) is 0.634. The first-order valence-corrected chi connectivity index (χ1v) is 6.58. The molecule has 2 N–H and O–H groups in total. The van der Waals surface area contributed by atoms with Crippen LogP contribution in [-0.2, 0) is 0 Å². The van der Waals surface area contributed by atoms with Crippen LogP contribution in [0.25, 0.3) is 0 Å². The lowest BCUT2D eigenvalue weighted by atomic mass is 9.93. The van der Waals surface area contributed by atoms with E-state index >= 15 is 0 Å². The van der Waals surface area contributed by atoms with E-state index in [-0.39, 0.29) is 0 Å². The van der Waals surface area contributed by atoms with Crippen LogP contribution in [0.1, 0.15) is 26.2 Å². The summed E-state index contributed by atoms with van der Waals surface area (Å²) in [4.78, 5) is 4.41. The van der Waals surface area contributed by atoms with Crippen LogP contribution in [0.5, 0.6) is 0 Å². The molecule has 88 valence electrons. The molecule has 2 saturated heterocycles. The molecule has 2 heterocycles. The van der Waals surface area contributed by atoms with Crippen molar-refractivity contribution >= 4 is 0 Å². The predicted molar refractivity (Wildman–Crippen MR) is 63.3 cm³/mol. The number of nitrogens with zero attached hydrogens (tertiary/aromatic N) is 1. The average molecular weight is 212 g/mol. The second-order valence-electron chi connectivity index (χ2n) is 5.12. The van der Waals surface area contributed by atoms with Gasteiger partial charge in [-0.1, -0.05) is 0 Å². The SMILES string of the molecule is CC[NH+]1CCCCC1C1CNCCN1C. The van der Waals surface area contributed by atoms with Crippen LogP contribution in [0, 0.1) is 0 Å². The number of hydrogen-bond donors (Lipinski definition) is 2. The van der Waals surface area contributed by atoms with E-state index < -0.39 is 0 Å². The molecule has 2 aliphatic heterocycles. The summed E-state index contributed by atoms with van der Waals surface area (Å²) in [5, 5.41) is 3.55. The normalized spacial score (nSPS) is 39.2. The maximum Gasteiger partial charge on any atom is 0.104 e. The first-order chi connectivity index (χ1) is 7.33. The van der Waals surface area contributed by atoms with Crippen molar-refractivity contribution in [1.82, 2.24) is 10.2 Å². The zero-order valence-corrected chi connectivity index (χ0v) is 10.3. The summed E-state index contributed by atoms with van der Waals surface area (Å²) in [6, 6.07) is 1.65. The molecule has 0 aromatic carbocycles. The number of likely N-dealkylation sites (tertiary alicyclic amines) is 1. The highest BCUT2D eigenvalue weighted by Gasteiger charge is 2.35. The summed E-state index contributed by atoms with van der Waals surface area (Å²) in [6.45, 7) is 8.62. The third-order valence-electron chi connectivity index (χ3n) is 4.27. The molecule has 3 nitrogen and oxygen atoms in total. The predicted octanol–water partition coefficient (Wildman–Crippen LogP) is -0.653. The zero-order chi connectivity index (χ0) is 10.7. The second-order valence-corrected chi connectivity index (χ2v) is 5.12. The molecule has 3 unspecified atom stereocenters. The number of hydrogen-bond acceptors (Lipinski definition) is 2. The van der Waals surface area contributed by atoms with Gasteiger partial charge in [-0.25, -0.2) is 0 Å². The van der Waals surface area contributed by atoms with Gasteiger partial charge in [0, 0.05) is 26.1 Å². The molecule has 3 atom stereocenters. The fraction of sp³-hybridized carbons (Fsp3) is 1.00. The Kier molecular flexibility index (Phi) is 4.00. The maximum absolute atomic E-state index is 3.55. The number of nitrogens with one attached hydrogen (secondary N) is 2. The molecule has 15 heavy (non-hydrogen) atoms. The number of likely N-dealkylation sites (N-methyl/N-ethyl adjacent to an activating group) is 2. The van der Waals surface area contributed by atoms with E-state index in [0.717, 1.165) is 12.1 Å². The van der Waals surface area contributed by atoms with E-state index in [9.17, 15) is 0 Å². The second kappa shape index (κ2) is 5.28. The Bertz CT molecular complexity index is 195. The number of piperazine rings is 1. The molecular weight excluding hydrogens is 186 g/mol. The highest BCUT2D eigenvalue weighted by molar-refractivity contribution is 4.84. The molecule has 2 aliphatic rings. The van der Waals surface area contributed by atoms with Crippen molar-refractivity contribution in [2.75, 3.05) is 39.8 Å². The monoisotopic (exact) mass is 212 g/mol. The van der Waals surface area contributed by atoms with Gasteiger partial charge in [0.2, 0.25) is 0 Å². The summed E-state index contributed by atoms with van der Waals surface area (Å²) >= 11 is 0. The van der Waals surface area contributed by atoms with E-state index in [4.69, 9.17) is 0 Å². The smallest absolute Gasteiger partial charge is 0.104 e. The van der Waals surface area contributed by atoms with E-state index in [1.165, 1.54) is 52.0 Å². The lowest BCUT2D eigenvalue weighted by Crippen LogP contribution is -3.18. The molecule has 0 amide bonds. The van der Waals surface area contributed by atoms with Crippen molar-refractivity contribution in [2.45, 2.75) is 38.3 Å². The van der Waals surface area contributed by atoms with Gasteiger partial charge in [-0.3, -0.25) is 4.90 Å². The Balaban J connectivity index is 1.99. The molecule has 0 spiro atoms. The van der Waals surface area contributed by atoms with Gasteiger partial charge in [0.25, 0.3) is 0 Å². The van der Waals surface area contributed by atoms with Crippen molar-refractivity contribution in [3.63, 3.8) is 0 Å². The Morgan fingerprint density at radius 1 is 1.40 bits per heavy atom. The lowest BCUT2D eigenvalue weighted by molar-refractivity contribution is -0.931. The van der Waals surface area contributed by atoms with Gasteiger partial charge in [0.05, 0.1) is 19.1 Å². The lowest BCUT2D eigenvalue weighted by Gasteiger charge is -2.43. The van der Waals surface area contributed by atoms with Gasteiger partial charge >= 0.3 is 0 Å². The van der Waals surface area contributed by atoms with Crippen molar-refractivity contribution in [1.29, 1.82) is 0 Å². The Morgan fingerprint density at radius 2 is 2.27 bits per heavy atom. The fourth-order valence-corrected chi connectivity index (χ4v) is 3.29. The molecule has 2 rings (SSSR count). The van der Waals surface area contributed by atoms with E-state index in [1.54, 1.807) is 0 Å². The van der Waals surface area contributed by atoms with Crippen molar-refractivity contribution in [3.8, 4) is 0 Å². The van der Waals surface area contributed by atoms with Crippen LogP contribution in [0.15, 0.2) is 0 Å². The summed E-state index contributed by atoms with van der Waals surface area (Å²) in [7, 11) is 2.30. The topological polar surface area (TPSA) is 19.7 Å². The minimum absolute atomic E-state index is 0.772. The van der Waals surface area contributed by atoms with Gasteiger partial charge in [0.1, 0.15) is 6.04 Å². The van der Waals surface area contributed by atoms with E-state index in [1.807, 2.05) is 4.90 Å². The largest absolute Gasteiger partial charge is 0.331 e. The Morgan fingerprint density at radius 3 is 3.00 bits per heavy atom. The van der Waals surface area contributed by atoms with Gasteiger partial charge < -0.3 is 10.2 Å². The highest BCUT2D eigenvalue weighted by Crippen LogP contribution is 2.12. The molecule has 0 aliphatic carbocycles. The third kappa shape index (κ3) is 2.52. The zero-order valence-electron chi connectivity index (χ0n) is 10.3. The van der Waals surface area contributed by atoms with Crippen molar-refractivity contribution in [3.05, 3.63) is 0 Å². The Labute approximate surface area is 93.8 Å². The van der Waals surface area contributed by atoms with Crippen LogP contribution >= 0.6 is 0 Å². The molecule has 0 radical (unpaired) electrons. The van der Waals surface area contributed by atoms with Gasteiger partial charge in [-0.05, 0) is 26.8 Å². The molecule has 2 fully saturated rings. The summed E-state index contributed by atoms with van der Waals surface area (Å²) < 4.78 is 0.